The maximum absolute atomic E-state index is 13.2. The van der Waals surface area contributed by atoms with Crippen molar-refractivity contribution in [2.24, 2.45) is 0 Å². The highest BCUT2D eigenvalue weighted by Gasteiger charge is 2.18. The molecule has 0 amide bonds. The van der Waals surface area contributed by atoms with Crippen LogP contribution in [0, 0.1) is 11.2 Å². The summed E-state index contributed by atoms with van der Waals surface area (Å²) < 4.78 is 13.2. The lowest BCUT2D eigenvalue weighted by Gasteiger charge is -2.34. The summed E-state index contributed by atoms with van der Waals surface area (Å²) in [5.74, 6) is -0.738. The highest BCUT2D eigenvalue weighted by molar-refractivity contribution is 5.96. The summed E-state index contributed by atoms with van der Waals surface area (Å²) in [6.45, 7) is 3.36. The number of phenols is 1. The second-order valence-corrected chi connectivity index (χ2v) is 4.31. The second kappa shape index (κ2) is 4.71. The van der Waals surface area contributed by atoms with E-state index in [0.717, 1.165) is 26.2 Å². The van der Waals surface area contributed by atoms with Crippen LogP contribution in [0.25, 0.3) is 0 Å². The first-order valence-corrected chi connectivity index (χ1v) is 5.59. The quantitative estimate of drug-likeness (QED) is 0.568. The predicted molar refractivity (Wildman–Crippen MR) is 64.0 cm³/mol. The van der Waals surface area contributed by atoms with Crippen LogP contribution in [0.2, 0.25) is 0 Å². The van der Waals surface area contributed by atoms with Crippen LogP contribution in [0.4, 0.5) is 4.39 Å². The van der Waals surface area contributed by atoms with Gasteiger partial charge in [0.1, 0.15) is 5.84 Å². The van der Waals surface area contributed by atoms with Gasteiger partial charge in [0.05, 0.1) is 0 Å². The third-order valence-corrected chi connectivity index (χ3v) is 3.04. The molecule has 0 saturated carbocycles. The van der Waals surface area contributed by atoms with Gasteiger partial charge in [0.2, 0.25) is 0 Å². The zero-order valence-corrected chi connectivity index (χ0v) is 9.78. The van der Waals surface area contributed by atoms with Crippen molar-refractivity contribution in [1.82, 2.24) is 9.80 Å². The van der Waals surface area contributed by atoms with E-state index >= 15 is 0 Å². The van der Waals surface area contributed by atoms with Gasteiger partial charge in [-0.05, 0) is 25.2 Å². The Balaban J connectivity index is 2.11. The summed E-state index contributed by atoms with van der Waals surface area (Å²) in [5.41, 5.74) is 0.504. The molecule has 1 heterocycles. The van der Waals surface area contributed by atoms with E-state index < -0.39 is 5.82 Å². The molecule has 0 aliphatic carbocycles. The molecule has 2 rings (SSSR count). The van der Waals surface area contributed by atoms with Gasteiger partial charge in [-0.2, -0.15) is 0 Å². The number of piperazine rings is 1. The molecule has 0 atom stereocenters. The molecule has 1 saturated heterocycles. The number of benzene rings is 1. The van der Waals surface area contributed by atoms with Crippen molar-refractivity contribution in [3.8, 4) is 5.75 Å². The van der Waals surface area contributed by atoms with Crippen molar-refractivity contribution in [3.63, 3.8) is 0 Å². The van der Waals surface area contributed by atoms with Gasteiger partial charge in [-0.3, -0.25) is 5.41 Å². The van der Waals surface area contributed by atoms with Crippen LogP contribution in [-0.4, -0.2) is 54.0 Å². The molecule has 0 aromatic heterocycles. The third-order valence-electron chi connectivity index (χ3n) is 3.04. The number of hydrogen-bond acceptors (Lipinski definition) is 3. The minimum atomic E-state index is -0.679. The molecule has 1 aromatic carbocycles. The maximum atomic E-state index is 13.2. The summed E-state index contributed by atoms with van der Waals surface area (Å²) in [4.78, 5) is 4.12. The van der Waals surface area contributed by atoms with E-state index in [4.69, 9.17) is 10.5 Å². The highest BCUT2D eigenvalue weighted by Crippen LogP contribution is 2.17. The van der Waals surface area contributed by atoms with Crippen LogP contribution < -0.4 is 0 Å². The van der Waals surface area contributed by atoms with Crippen LogP contribution in [0.15, 0.2) is 18.2 Å². The summed E-state index contributed by atoms with van der Waals surface area (Å²) in [6, 6.07) is 4.06. The van der Waals surface area contributed by atoms with E-state index in [1.54, 1.807) is 6.07 Å². The average Bonchev–Trinajstić information content (AvgIpc) is 2.33. The Kier molecular flexibility index (Phi) is 3.28. The lowest BCUT2D eigenvalue weighted by molar-refractivity contribution is 0.215. The molecule has 2 N–H and O–H groups in total. The molecule has 17 heavy (non-hydrogen) atoms. The molecular weight excluding hydrogens is 221 g/mol. The fourth-order valence-corrected chi connectivity index (χ4v) is 1.87. The minimum Gasteiger partial charge on any atom is -0.505 e. The van der Waals surface area contributed by atoms with Crippen LogP contribution in [-0.2, 0) is 0 Å². The normalized spacial score (nSPS) is 17.2. The Morgan fingerprint density at radius 2 is 1.94 bits per heavy atom. The van der Waals surface area contributed by atoms with Gasteiger partial charge in [0.25, 0.3) is 0 Å². The molecule has 0 bridgehead atoms. The number of phenolic OH excluding ortho intramolecular Hbond substituents is 1. The van der Waals surface area contributed by atoms with E-state index in [9.17, 15) is 4.39 Å². The van der Waals surface area contributed by atoms with E-state index in [1.807, 2.05) is 11.9 Å². The molecule has 92 valence electrons. The van der Waals surface area contributed by atoms with Crippen LogP contribution in [0.1, 0.15) is 5.56 Å². The first-order valence-electron chi connectivity index (χ1n) is 5.59. The molecule has 1 fully saturated rings. The topological polar surface area (TPSA) is 50.6 Å². The molecule has 1 aliphatic heterocycles. The van der Waals surface area contributed by atoms with Gasteiger partial charge >= 0.3 is 0 Å². The molecule has 0 unspecified atom stereocenters. The first-order chi connectivity index (χ1) is 8.08. The number of halogens is 1. The standard InChI is InChI=1S/C12H16FN3O/c1-15-4-6-16(7-5-15)12(14)9-2-3-11(17)10(13)8-9/h2-3,8,14,17H,4-7H2,1H3. The van der Waals surface area contributed by atoms with Crippen molar-refractivity contribution >= 4 is 5.84 Å². The first kappa shape index (κ1) is 11.9. The van der Waals surface area contributed by atoms with Crippen molar-refractivity contribution in [1.29, 1.82) is 5.41 Å². The van der Waals surface area contributed by atoms with Gasteiger partial charge < -0.3 is 14.9 Å². The van der Waals surface area contributed by atoms with Crippen molar-refractivity contribution in [3.05, 3.63) is 29.6 Å². The predicted octanol–water partition coefficient (Wildman–Crippen LogP) is 1.10. The molecule has 0 spiro atoms. The fourth-order valence-electron chi connectivity index (χ4n) is 1.87. The summed E-state index contributed by atoms with van der Waals surface area (Å²) in [5, 5.41) is 17.1. The largest absolute Gasteiger partial charge is 0.505 e. The third kappa shape index (κ3) is 2.55. The molecule has 0 radical (unpaired) electrons. The van der Waals surface area contributed by atoms with Gasteiger partial charge in [-0.25, -0.2) is 4.39 Å². The summed E-state index contributed by atoms with van der Waals surface area (Å²) in [6.07, 6.45) is 0. The molecule has 1 aliphatic rings. The zero-order chi connectivity index (χ0) is 12.4. The fraction of sp³-hybridized carbons (Fsp3) is 0.417. The summed E-state index contributed by atoms with van der Waals surface area (Å²) in [7, 11) is 2.04. The number of likely N-dealkylation sites (N-methyl/N-ethyl adjacent to an activating group) is 1. The number of hydrogen-bond donors (Lipinski definition) is 2. The molecule has 5 heteroatoms. The van der Waals surface area contributed by atoms with Gasteiger partial charge in [0, 0.05) is 31.7 Å². The van der Waals surface area contributed by atoms with Gasteiger partial charge in [-0.15, -0.1) is 0 Å². The zero-order valence-electron chi connectivity index (χ0n) is 9.78. The molecule has 4 nitrogen and oxygen atoms in total. The van der Waals surface area contributed by atoms with E-state index in [2.05, 4.69) is 4.90 Å². The Labute approximate surface area is 99.8 Å². The van der Waals surface area contributed by atoms with E-state index in [1.165, 1.54) is 12.1 Å². The van der Waals surface area contributed by atoms with Crippen LogP contribution in [0.5, 0.6) is 5.75 Å². The minimum absolute atomic E-state index is 0.317. The monoisotopic (exact) mass is 237 g/mol. The van der Waals surface area contributed by atoms with Crippen molar-refractivity contribution in [2.75, 3.05) is 33.2 Å². The Morgan fingerprint density at radius 3 is 2.53 bits per heavy atom. The maximum Gasteiger partial charge on any atom is 0.165 e. The SMILES string of the molecule is CN1CCN(C(=N)c2ccc(O)c(F)c2)CC1. The lowest BCUT2D eigenvalue weighted by atomic mass is 10.1. The number of amidine groups is 1. The Morgan fingerprint density at radius 1 is 1.29 bits per heavy atom. The summed E-state index contributed by atoms with van der Waals surface area (Å²) >= 11 is 0. The van der Waals surface area contributed by atoms with E-state index in [0.29, 0.717) is 11.4 Å². The average molecular weight is 237 g/mol. The molecular formula is C12H16FN3O. The smallest absolute Gasteiger partial charge is 0.165 e. The number of rotatable bonds is 1. The van der Waals surface area contributed by atoms with Gasteiger partial charge in [-0.1, -0.05) is 0 Å². The van der Waals surface area contributed by atoms with Crippen molar-refractivity contribution < 1.29 is 9.50 Å². The van der Waals surface area contributed by atoms with E-state index in [-0.39, 0.29) is 5.75 Å². The van der Waals surface area contributed by atoms with Crippen molar-refractivity contribution in [2.45, 2.75) is 0 Å². The van der Waals surface area contributed by atoms with Crippen LogP contribution in [0.3, 0.4) is 0 Å². The van der Waals surface area contributed by atoms with Gasteiger partial charge in [0.15, 0.2) is 11.6 Å². The number of nitrogens with one attached hydrogen (secondary N) is 1. The Hall–Kier alpha value is -1.62. The lowest BCUT2D eigenvalue weighted by Crippen LogP contribution is -2.47. The number of aromatic hydroxyl groups is 1. The van der Waals surface area contributed by atoms with Crippen LogP contribution >= 0.6 is 0 Å². The highest BCUT2D eigenvalue weighted by atomic mass is 19.1. The molecule has 1 aromatic rings. The number of nitrogens with zero attached hydrogens (tertiary/aromatic N) is 2. The second-order valence-electron chi connectivity index (χ2n) is 4.31. The Bertz CT molecular complexity index is 428.